The zero-order chi connectivity index (χ0) is 13.1. The van der Waals surface area contributed by atoms with Crippen LogP contribution in [0.3, 0.4) is 0 Å². The molecule has 1 aliphatic carbocycles. The fourth-order valence-electron chi connectivity index (χ4n) is 2.72. The SMILES string of the molecule is COc1cccc(Nc2nccn2C2CCCC2)c1. The zero-order valence-corrected chi connectivity index (χ0v) is 11.2. The normalized spacial score (nSPS) is 15.6. The molecule has 1 saturated carbocycles. The van der Waals surface area contributed by atoms with Gasteiger partial charge in [0.05, 0.1) is 7.11 Å². The number of rotatable bonds is 4. The number of hydrogen-bond donors (Lipinski definition) is 1. The number of imidazole rings is 1. The van der Waals surface area contributed by atoms with Crippen molar-refractivity contribution in [3.05, 3.63) is 36.7 Å². The van der Waals surface area contributed by atoms with Gasteiger partial charge in [-0.25, -0.2) is 4.98 Å². The second kappa shape index (κ2) is 5.34. The fourth-order valence-corrected chi connectivity index (χ4v) is 2.72. The van der Waals surface area contributed by atoms with Crippen molar-refractivity contribution in [3.63, 3.8) is 0 Å². The monoisotopic (exact) mass is 257 g/mol. The van der Waals surface area contributed by atoms with Crippen LogP contribution in [0.5, 0.6) is 5.75 Å². The van der Waals surface area contributed by atoms with E-state index in [0.29, 0.717) is 6.04 Å². The standard InChI is InChI=1S/C15H19N3O/c1-19-14-8-4-5-12(11-14)17-15-16-9-10-18(15)13-6-2-3-7-13/h4-5,8-11,13H,2-3,6-7H2,1H3,(H,16,17). The van der Waals surface area contributed by atoms with Crippen molar-refractivity contribution in [2.24, 2.45) is 0 Å². The van der Waals surface area contributed by atoms with Crippen LogP contribution in [0.25, 0.3) is 0 Å². The summed E-state index contributed by atoms with van der Waals surface area (Å²) < 4.78 is 7.49. The van der Waals surface area contributed by atoms with Gasteiger partial charge in [-0.3, -0.25) is 0 Å². The summed E-state index contributed by atoms with van der Waals surface area (Å²) in [4.78, 5) is 4.42. The highest BCUT2D eigenvalue weighted by atomic mass is 16.5. The van der Waals surface area contributed by atoms with Gasteiger partial charge in [0.2, 0.25) is 5.95 Å². The number of methoxy groups -OCH3 is 1. The number of anilines is 2. The van der Waals surface area contributed by atoms with Gasteiger partial charge in [-0.15, -0.1) is 0 Å². The topological polar surface area (TPSA) is 39.1 Å². The molecule has 0 unspecified atom stereocenters. The molecule has 0 atom stereocenters. The molecule has 0 saturated heterocycles. The number of aromatic nitrogens is 2. The molecule has 0 spiro atoms. The minimum atomic E-state index is 0.593. The van der Waals surface area contributed by atoms with Crippen molar-refractivity contribution >= 4 is 11.6 Å². The Labute approximate surface area is 113 Å². The van der Waals surface area contributed by atoms with Crippen molar-refractivity contribution in [3.8, 4) is 5.75 Å². The van der Waals surface area contributed by atoms with E-state index < -0.39 is 0 Å². The van der Waals surface area contributed by atoms with E-state index in [1.54, 1.807) is 7.11 Å². The smallest absolute Gasteiger partial charge is 0.207 e. The zero-order valence-electron chi connectivity index (χ0n) is 11.2. The third-order valence-electron chi connectivity index (χ3n) is 3.71. The number of ether oxygens (including phenoxy) is 1. The Balaban J connectivity index is 1.81. The summed E-state index contributed by atoms with van der Waals surface area (Å²) >= 11 is 0. The van der Waals surface area contributed by atoms with E-state index in [9.17, 15) is 0 Å². The molecule has 1 fully saturated rings. The molecule has 0 radical (unpaired) electrons. The van der Waals surface area contributed by atoms with Gasteiger partial charge >= 0.3 is 0 Å². The minimum absolute atomic E-state index is 0.593. The van der Waals surface area contributed by atoms with Crippen LogP contribution in [0, 0.1) is 0 Å². The summed E-state index contributed by atoms with van der Waals surface area (Å²) in [6.45, 7) is 0. The second-order valence-corrected chi connectivity index (χ2v) is 4.95. The predicted octanol–water partition coefficient (Wildman–Crippen LogP) is 3.75. The molecule has 0 bridgehead atoms. The number of benzene rings is 1. The van der Waals surface area contributed by atoms with Crippen LogP contribution in [0.4, 0.5) is 11.6 Å². The second-order valence-electron chi connectivity index (χ2n) is 4.95. The van der Waals surface area contributed by atoms with Crippen molar-refractivity contribution < 1.29 is 4.74 Å². The molecular weight excluding hydrogens is 238 g/mol. The van der Waals surface area contributed by atoms with Gasteiger partial charge in [0.25, 0.3) is 0 Å². The van der Waals surface area contributed by atoms with E-state index in [1.165, 1.54) is 25.7 Å². The molecular formula is C15H19N3O. The molecule has 1 aromatic heterocycles. The molecule has 100 valence electrons. The summed E-state index contributed by atoms with van der Waals surface area (Å²) in [5.74, 6) is 1.77. The Morgan fingerprint density at radius 1 is 1.32 bits per heavy atom. The Bertz CT molecular complexity index is 544. The molecule has 2 aromatic rings. The highest BCUT2D eigenvalue weighted by molar-refractivity contribution is 5.56. The van der Waals surface area contributed by atoms with E-state index in [2.05, 4.69) is 21.1 Å². The molecule has 1 aliphatic rings. The lowest BCUT2D eigenvalue weighted by molar-refractivity contribution is 0.415. The van der Waals surface area contributed by atoms with Gasteiger partial charge in [0.1, 0.15) is 5.75 Å². The van der Waals surface area contributed by atoms with Gasteiger partial charge in [0.15, 0.2) is 0 Å². The highest BCUT2D eigenvalue weighted by Crippen LogP contribution is 2.32. The summed E-state index contributed by atoms with van der Waals surface area (Å²) in [6, 6.07) is 8.51. The Morgan fingerprint density at radius 2 is 2.16 bits per heavy atom. The summed E-state index contributed by atoms with van der Waals surface area (Å²) in [7, 11) is 1.68. The lowest BCUT2D eigenvalue weighted by atomic mass is 10.2. The maximum Gasteiger partial charge on any atom is 0.207 e. The molecule has 4 nitrogen and oxygen atoms in total. The largest absolute Gasteiger partial charge is 0.497 e. The molecule has 1 aromatic carbocycles. The minimum Gasteiger partial charge on any atom is -0.497 e. The van der Waals surface area contributed by atoms with Crippen LogP contribution >= 0.6 is 0 Å². The molecule has 0 aliphatic heterocycles. The average Bonchev–Trinajstić information content (AvgIpc) is 3.09. The Morgan fingerprint density at radius 3 is 2.95 bits per heavy atom. The van der Waals surface area contributed by atoms with Gasteiger partial charge in [0, 0.05) is 30.2 Å². The highest BCUT2D eigenvalue weighted by Gasteiger charge is 2.19. The van der Waals surface area contributed by atoms with Crippen molar-refractivity contribution in [2.75, 3.05) is 12.4 Å². The first kappa shape index (κ1) is 12.1. The third kappa shape index (κ3) is 2.57. The van der Waals surface area contributed by atoms with Gasteiger partial charge in [-0.05, 0) is 25.0 Å². The fraction of sp³-hybridized carbons (Fsp3) is 0.400. The van der Waals surface area contributed by atoms with Crippen LogP contribution in [0.1, 0.15) is 31.7 Å². The van der Waals surface area contributed by atoms with E-state index >= 15 is 0 Å². The maximum absolute atomic E-state index is 5.24. The lowest BCUT2D eigenvalue weighted by Gasteiger charge is -2.15. The van der Waals surface area contributed by atoms with Crippen molar-refractivity contribution in [1.29, 1.82) is 0 Å². The van der Waals surface area contributed by atoms with Crippen LogP contribution in [0.2, 0.25) is 0 Å². The molecule has 19 heavy (non-hydrogen) atoms. The summed E-state index contributed by atoms with van der Waals surface area (Å²) in [5.41, 5.74) is 1.00. The van der Waals surface area contributed by atoms with Gasteiger partial charge in [-0.1, -0.05) is 18.9 Å². The maximum atomic E-state index is 5.24. The predicted molar refractivity (Wildman–Crippen MR) is 76.0 cm³/mol. The first-order valence-corrected chi connectivity index (χ1v) is 6.81. The van der Waals surface area contributed by atoms with Crippen molar-refractivity contribution in [2.45, 2.75) is 31.7 Å². The van der Waals surface area contributed by atoms with Crippen LogP contribution in [-0.4, -0.2) is 16.7 Å². The molecule has 1 heterocycles. The Kier molecular flexibility index (Phi) is 3.40. The number of hydrogen-bond acceptors (Lipinski definition) is 3. The van der Waals surface area contributed by atoms with Crippen LogP contribution in [-0.2, 0) is 0 Å². The lowest BCUT2D eigenvalue weighted by Crippen LogP contribution is -2.07. The molecule has 1 N–H and O–H groups in total. The first-order valence-electron chi connectivity index (χ1n) is 6.81. The Hall–Kier alpha value is -1.97. The quantitative estimate of drug-likeness (QED) is 0.906. The summed E-state index contributed by atoms with van der Waals surface area (Å²) in [5, 5.41) is 3.38. The van der Waals surface area contributed by atoms with E-state index in [-0.39, 0.29) is 0 Å². The molecule has 3 rings (SSSR count). The average molecular weight is 257 g/mol. The van der Waals surface area contributed by atoms with E-state index in [0.717, 1.165) is 17.4 Å². The van der Waals surface area contributed by atoms with Crippen molar-refractivity contribution in [1.82, 2.24) is 9.55 Å². The first-order chi connectivity index (χ1) is 9.36. The summed E-state index contributed by atoms with van der Waals surface area (Å²) in [6.07, 6.45) is 9.08. The van der Waals surface area contributed by atoms with Crippen LogP contribution < -0.4 is 10.1 Å². The molecule has 4 heteroatoms. The van der Waals surface area contributed by atoms with Gasteiger partial charge in [-0.2, -0.15) is 0 Å². The number of nitrogens with zero attached hydrogens (tertiary/aromatic N) is 2. The molecule has 0 amide bonds. The number of nitrogens with one attached hydrogen (secondary N) is 1. The van der Waals surface area contributed by atoms with E-state index in [4.69, 9.17) is 4.74 Å². The van der Waals surface area contributed by atoms with E-state index in [1.807, 2.05) is 30.5 Å². The van der Waals surface area contributed by atoms with Gasteiger partial charge < -0.3 is 14.6 Å². The third-order valence-corrected chi connectivity index (χ3v) is 3.71. The van der Waals surface area contributed by atoms with Crippen LogP contribution in [0.15, 0.2) is 36.7 Å².